The van der Waals surface area contributed by atoms with Gasteiger partial charge in [-0.3, -0.25) is 9.10 Å². The van der Waals surface area contributed by atoms with E-state index in [0.29, 0.717) is 12.1 Å². The van der Waals surface area contributed by atoms with Gasteiger partial charge in [0.2, 0.25) is 15.9 Å². The molecule has 0 spiro atoms. The molecule has 0 heterocycles. The fourth-order valence-electron chi connectivity index (χ4n) is 2.98. The lowest BCUT2D eigenvalue weighted by molar-refractivity contribution is -0.121. The highest BCUT2D eigenvalue weighted by molar-refractivity contribution is 7.92. The number of nitrogens with zero attached hydrogens (tertiary/aromatic N) is 1. The summed E-state index contributed by atoms with van der Waals surface area (Å²) in [6.45, 7) is 3.93. The maximum Gasteiger partial charge on any atom is 0.232 e. The Hall–Kier alpha value is -2.39. The van der Waals surface area contributed by atoms with E-state index in [9.17, 15) is 21.6 Å². The highest BCUT2D eigenvalue weighted by Crippen LogP contribution is 2.19. The van der Waals surface area contributed by atoms with Crippen LogP contribution in [0.15, 0.2) is 53.4 Å². The van der Waals surface area contributed by atoms with E-state index in [0.717, 1.165) is 23.6 Å². The molecule has 0 saturated carbocycles. The van der Waals surface area contributed by atoms with Gasteiger partial charge in [-0.25, -0.2) is 16.8 Å². The molecule has 0 radical (unpaired) electrons. The molecule has 1 N–H and O–H groups in total. The number of sulfone groups is 1. The van der Waals surface area contributed by atoms with E-state index in [1.165, 1.54) is 16.4 Å². The van der Waals surface area contributed by atoms with E-state index in [2.05, 4.69) is 5.32 Å². The van der Waals surface area contributed by atoms with Crippen LogP contribution in [-0.2, 0) is 24.7 Å². The number of carbonyl (C=O) groups excluding carboxylic acids is 1. The summed E-state index contributed by atoms with van der Waals surface area (Å²) in [6, 6.07) is 13.3. The first kappa shape index (κ1) is 23.9. The lowest BCUT2D eigenvalue weighted by Gasteiger charge is -2.22. The van der Waals surface area contributed by atoms with Gasteiger partial charge in [0.1, 0.15) is 0 Å². The van der Waals surface area contributed by atoms with Gasteiger partial charge in [-0.05, 0) is 50.1 Å². The van der Waals surface area contributed by atoms with Crippen molar-refractivity contribution in [3.05, 3.63) is 59.7 Å². The quantitative estimate of drug-likeness (QED) is 0.631. The fraction of sp³-hybridized carbons (Fsp3) is 0.381. The van der Waals surface area contributed by atoms with Crippen LogP contribution >= 0.6 is 0 Å². The third-order valence-electron chi connectivity index (χ3n) is 4.67. The van der Waals surface area contributed by atoms with Crippen molar-refractivity contribution in [1.82, 2.24) is 5.32 Å². The van der Waals surface area contributed by atoms with Crippen LogP contribution in [0.25, 0.3) is 0 Å². The Bertz CT molecular complexity index is 1080. The SMILES string of the molecule is Cc1ccc(N(CCCC(=O)NC(C)c2ccc(S(C)(=O)=O)cc2)S(C)(=O)=O)cc1. The van der Waals surface area contributed by atoms with Crippen molar-refractivity contribution in [2.24, 2.45) is 0 Å². The van der Waals surface area contributed by atoms with Crippen LogP contribution in [0.4, 0.5) is 5.69 Å². The van der Waals surface area contributed by atoms with Gasteiger partial charge in [-0.1, -0.05) is 29.8 Å². The number of hydrogen-bond donors (Lipinski definition) is 1. The van der Waals surface area contributed by atoms with Gasteiger partial charge in [0.25, 0.3) is 0 Å². The van der Waals surface area contributed by atoms with E-state index in [-0.39, 0.29) is 29.8 Å². The van der Waals surface area contributed by atoms with E-state index < -0.39 is 19.9 Å². The zero-order valence-electron chi connectivity index (χ0n) is 17.6. The molecule has 2 rings (SSSR count). The molecule has 0 bridgehead atoms. The van der Waals surface area contributed by atoms with Crippen LogP contribution in [0, 0.1) is 6.92 Å². The van der Waals surface area contributed by atoms with Gasteiger partial charge in [0.15, 0.2) is 9.84 Å². The second-order valence-electron chi connectivity index (χ2n) is 7.40. The van der Waals surface area contributed by atoms with Gasteiger partial charge in [0, 0.05) is 19.2 Å². The Kier molecular flexibility index (Phi) is 7.65. The van der Waals surface area contributed by atoms with Gasteiger partial charge in [-0.15, -0.1) is 0 Å². The minimum Gasteiger partial charge on any atom is -0.350 e. The Morgan fingerprint density at radius 2 is 1.53 bits per heavy atom. The molecule has 0 fully saturated rings. The molecule has 7 nitrogen and oxygen atoms in total. The average molecular weight is 453 g/mol. The van der Waals surface area contributed by atoms with E-state index in [4.69, 9.17) is 0 Å². The predicted octanol–water partition coefficient (Wildman–Crippen LogP) is 2.82. The zero-order valence-corrected chi connectivity index (χ0v) is 19.3. The molecule has 0 aliphatic rings. The molecular weight excluding hydrogens is 424 g/mol. The Morgan fingerprint density at radius 1 is 0.967 bits per heavy atom. The average Bonchev–Trinajstić information content (AvgIpc) is 2.64. The van der Waals surface area contributed by atoms with Crippen molar-refractivity contribution < 1.29 is 21.6 Å². The molecule has 2 aromatic carbocycles. The molecular formula is C21H28N2O5S2. The second kappa shape index (κ2) is 9.61. The Labute approximate surface area is 179 Å². The topological polar surface area (TPSA) is 101 Å². The minimum atomic E-state index is -3.46. The molecule has 1 unspecified atom stereocenters. The number of nitrogens with one attached hydrogen (secondary N) is 1. The number of amides is 1. The molecule has 0 saturated heterocycles. The number of carbonyl (C=O) groups is 1. The first-order chi connectivity index (χ1) is 13.9. The zero-order chi connectivity index (χ0) is 22.5. The van der Waals surface area contributed by atoms with Gasteiger partial charge < -0.3 is 5.32 Å². The van der Waals surface area contributed by atoms with Crippen LogP contribution < -0.4 is 9.62 Å². The van der Waals surface area contributed by atoms with Crippen molar-refractivity contribution in [3.63, 3.8) is 0 Å². The third-order valence-corrected chi connectivity index (χ3v) is 7.00. The first-order valence-electron chi connectivity index (χ1n) is 9.51. The van der Waals surface area contributed by atoms with Crippen molar-refractivity contribution >= 4 is 31.5 Å². The standard InChI is InChI=1S/C21H28N2O5S2/c1-16-7-11-19(12-8-16)23(30(4,27)28)15-5-6-21(24)22-17(2)18-9-13-20(14-10-18)29(3,25)26/h7-14,17H,5-6,15H2,1-4H3,(H,22,24). The summed E-state index contributed by atoms with van der Waals surface area (Å²) in [6.07, 6.45) is 2.83. The summed E-state index contributed by atoms with van der Waals surface area (Å²) in [7, 11) is -6.73. The van der Waals surface area contributed by atoms with E-state index in [1.807, 2.05) is 26.0 Å². The summed E-state index contributed by atoms with van der Waals surface area (Å²) >= 11 is 0. The summed E-state index contributed by atoms with van der Waals surface area (Å²) < 4.78 is 48.6. The van der Waals surface area contributed by atoms with Gasteiger partial charge in [-0.2, -0.15) is 0 Å². The lowest BCUT2D eigenvalue weighted by Crippen LogP contribution is -2.32. The van der Waals surface area contributed by atoms with Gasteiger partial charge >= 0.3 is 0 Å². The summed E-state index contributed by atoms with van der Waals surface area (Å²) in [4.78, 5) is 12.5. The minimum absolute atomic E-state index is 0.170. The molecule has 2 aromatic rings. The number of hydrogen-bond acceptors (Lipinski definition) is 5. The van der Waals surface area contributed by atoms with Crippen molar-refractivity contribution in [1.29, 1.82) is 0 Å². The normalized spacial score (nSPS) is 12.9. The maximum atomic E-state index is 12.3. The largest absolute Gasteiger partial charge is 0.350 e. The summed E-state index contributed by atoms with van der Waals surface area (Å²) in [5.41, 5.74) is 2.39. The van der Waals surface area contributed by atoms with Crippen LogP contribution in [-0.4, -0.2) is 41.8 Å². The monoisotopic (exact) mass is 452 g/mol. The lowest BCUT2D eigenvalue weighted by atomic mass is 10.1. The molecule has 30 heavy (non-hydrogen) atoms. The highest BCUT2D eigenvalue weighted by atomic mass is 32.2. The molecule has 0 aliphatic carbocycles. The Balaban J connectivity index is 1.93. The molecule has 9 heteroatoms. The molecule has 1 atom stereocenters. The number of benzene rings is 2. The van der Waals surface area contributed by atoms with Crippen molar-refractivity contribution in [2.45, 2.75) is 37.6 Å². The Morgan fingerprint density at radius 3 is 2.03 bits per heavy atom. The first-order valence-corrected chi connectivity index (χ1v) is 13.3. The fourth-order valence-corrected chi connectivity index (χ4v) is 4.58. The number of rotatable bonds is 9. The van der Waals surface area contributed by atoms with Crippen LogP contribution in [0.2, 0.25) is 0 Å². The van der Waals surface area contributed by atoms with E-state index >= 15 is 0 Å². The van der Waals surface area contributed by atoms with E-state index in [1.54, 1.807) is 24.3 Å². The van der Waals surface area contributed by atoms with Crippen molar-refractivity contribution in [2.75, 3.05) is 23.4 Å². The van der Waals surface area contributed by atoms with Gasteiger partial charge in [0.05, 0.1) is 22.9 Å². The summed E-state index contributed by atoms with van der Waals surface area (Å²) in [5.74, 6) is -0.202. The second-order valence-corrected chi connectivity index (χ2v) is 11.3. The molecule has 164 valence electrons. The predicted molar refractivity (Wildman–Crippen MR) is 119 cm³/mol. The number of sulfonamides is 1. The number of anilines is 1. The summed E-state index contributed by atoms with van der Waals surface area (Å²) in [5, 5.41) is 2.86. The van der Waals surface area contributed by atoms with Crippen molar-refractivity contribution in [3.8, 4) is 0 Å². The highest BCUT2D eigenvalue weighted by Gasteiger charge is 2.18. The smallest absolute Gasteiger partial charge is 0.232 e. The molecule has 1 amide bonds. The molecule has 0 aliphatic heterocycles. The number of aryl methyl sites for hydroxylation is 1. The molecule has 0 aromatic heterocycles. The van der Waals surface area contributed by atoms with Crippen LogP contribution in [0.1, 0.15) is 36.9 Å². The third kappa shape index (κ3) is 6.84. The maximum absolute atomic E-state index is 12.3. The van der Waals surface area contributed by atoms with Crippen LogP contribution in [0.3, 0.4) is 0 Å². The van der Waals surface area contributed by atoms with Crippen LogP contribution in [0.5, 0.6) is 0 Å².